The molecule has 0 spiro atoms. The summed E-state index contributed by atoms with van der Waals surface area (Å²) in [5.41, 5.74) is 1.70. The van der Waals surface area contributed by atoms with Crippen molar-refractivity contribution in [3.8, 4) is 0 Å². The van der Waals surface area contributed by atoms with Gasteiger partial charge in [0.1, 0.15) is 0 Å². The molecule has 2 saturated carbocycles. The molecule has 68 valence electrons. The summed E-state index contributed by atoms with van der Waals surface area (Å²) in [5, 5.41) is 9.89. The number of aliphatic hydroxyl groups is 1. The van der Waals surface area contributed by atoms with E-state index in [4.69, 9.17) is 0 Å². The highest BCUT2D eigenvalue weighted by Crippen LogP contribution is 2.66. The fraction of sp³-hybridized carbons (Fsp3) is 0.818. The van der Waals surface area contributed by atoms with Crippen LogP contribution in [0.15, 0.2) is 12.2 Å². The van der Waals surface area contributed by atoms with Gasteiger partial charge in [0.05, 0.1) is 6.10 Å². The second kappa shape index (κ2) is 1.95. The van der Waals surface area contributed by atoms with Gasteiger partial charge < -0.3 is 5.11 Å². The molecule has 3 atom stereocenters. The Bertz CT molecular complexity index is 241. The maximum Gasteiger partial charge on any atom is 0.0608 e. The number of hydrogen-bond acceptors (Lipinski definition) is 1. The molecular weight excluding hydrogens is 148 g/mol. The zero-order valence-electron chi connectivity index (χ0n) is 8.22. The van der Waals surface area contributed by atoms with Gasteiger partial charge in [-0.3, -0.25) is 0 Å². The van der Waals surface area contributed by atoms with Crippen LogP contribution in [0.25, 0.3) is 0 Å². The Labute approximate surface area is 74.5 Å². The Morgan fingerprint density at radius 1 is 1.42 bits per heavy atom. The molecule has 2 fully saturated rings. The first-order valence-corrected chi connectivity index (χ1v) is 4.75. The van der Waals surface area contributed by atoms with Crippen molar-refractivity contribution in [2.75, 3.05) is 0 Å². The maximum absolute atomic E-state index is 9.89. The van der Waals surface area contributed by atoms with Crippen molar-refractivity contribution in [1.29, 1.82) is 0 Å². The quantitative estimate of drug-likeness (QED) is 0.548. The Hall–Kier alpha value is -0.300. The number of aliphatic hydroxyl groups excluding tert-OH is 1. The number of rotatable bonds is 0. The van der Waals surface area contributed by atoms with Crippen molar-refractivity contribution in [1.82, 2.24) is 0 Å². The first-order valence-electron chi connectivity index (χ1n) is 4.75. The molecule has 0 aromatic carbocycles. The summed E-state index contributed by atoms with van der Waals surface area (Å²) >= 11 is 0. The lowest BCUT2D eigenvalue weighted by atomic mass is 9.70. The van der Waals surface area contributed by atoms with Gasteiger partial charge in [0.2, 0.25) is 0 Å². The first kappa shape index (κ1) is 8.31. The van der Waals surface area contributed by atoms with Crippen molar-refractivity contribution in [3.05, 3.63) is 12.2 Å². The minimum atomic E-state index is -0.108. The molecule has 1 nitrogen and oxygen atoms in total. The standard InChI is InChI=1S/C11H18O/c1-7-6-11(4)9(12)5-8(7)10(11,2)3/h8-9,12H,1,5-6H2,2-4H3. The molecule has 0 aliphatic heterocycles. The highest BCUT2D eigenvalue weighted by Gasteiger charge is 2.62. The van der Waals surface area contributed by atoms with E-state index in [9.17, 15) is 5.11 Å². The van der Waals surface area contributed by atoms with Crippen LogP contribution >= 0.6 is 0 Å². The molecule has 1 N–H and O–H groups in total. The highest BCUT2D eigenvalue weighted by molar-refractivity contribution is 5.26. The molecule has 1 heteroatoms. The van der Waals surface area contributed by atoms with E-state index in [0.717, 1.165) is 12.8 Å². The van der Waals surface area contributed by atoms with E-state index in [1.807, 2.05) is 0 Å². The number of allylic oxidation sites excluding steroid dienone is 1. The summed E-state index contributed by atoms with van der Waals surface area (Å²) in [5.74, 6) is 0.553. The summed E-state index contributed by atoms with van der Waals surface area (Å²) in [6.45, 7) is 10.8. The van der Waals surface area contributed by atoms with Crippen LogP contribution in [0.1, 0.15) is 33.6 Å². The topological polar surface area (TPSA) is 20.2 Å². The van der Waals surface area contributed by atoms with Crippen LogP contribution in [-0.2, 0) is 0 Å². The van der Waals surface area contributed by atoms with Gasteiger partial charge in [0, 0.05) is 5.41 Å². The average molecular weight is 166 g/mol. The van der Waals surface area contributed by atoms with E-state index in [2.05, 4.69) is 27.4 Å². The summed E-state index contributed by atoms with van der Waals surface area (Å²) < 4.78 is 0. The monoisotopic (exact) mass is 166 g/mol. The summed E-state index contributed by atoms with van der Waals surface area (Å²) in [7, 11) is 0. The molecule has 0 amide bonds. The third kappa shape index (κ3) is 0.646. The predicted molar refractivity (Wildman–Crippen MR) is 49.8 cm³/mol. The summed E-state index contributed by atoms with van der Waals surface area (Å²) in [6.07, 6.45) is 1.84. The first-order chi connectivity index (χ1) is 5.39. The Morgan fingerprint density at radius 3 is 2.25 bits per heavy atom. The lowest BCUT2D eigenvalue weighted by molar-refractivity contribution is 0.0158. The van der Waals surface area contributed by atoms with Crippen LogP contribution in [0.5, 0.6) is 0 Å². The minimum absolute atomic E-state index is 0.0920. The highest BCUT2D eigenvalue weighted by atomic mass is 16.3. The largest absolute Gasteiger partial charge is 0.393 e. The van der Waals surface area contributed by atoms with E-state index < -0.39 is 0 Å². The lowest BCUT2D eigenvalue weighted by Crippen LogP contribution is -2.35. The zero-order valence-corrected chi connectivity index (χ0v) is 8.22. The SMILES string of the molecule is C=C1CC2(C)C(O)CC1C2(C)C. The maximum atomic E-state index is 9.89. The van der Waals surface area contributed by atoms with Crippen molar-refractivity contribution in [2.24, 2.45) is 16.7 Å². The van der Waals surface area contributed by atoms with Gasteiger partial charge in [-0.15, -0.1) is 0 Å². The van der Waals surface area contributed by atoms with Crippen LogP contribution in [0.3, 0.4) is 0 Å². The third-order valence-electron chi connectivity index (χ3n) is 4.62. The third-order valence-corrected chi connectivity index (χ3v) is 4.62. The van der Waals surface area contributed by atoms with E-state index in [1.54, 1.807) is 0 Å². The molecule has 2 rings (SSSR count). The Morgan fingerprint density at radius 2 is 2.00 bits per heavy atom. The van der Waals surface area contributed by atoms with Gasteiger partial charge in [-0.05, 0) is 24.2 Å². The molecular formula is C11H18O. The summed E-state index contributed by atoms with van der Waals surface area (Å²) in [4.78, 5) is 0. The average Bonchev–Trinajstić information content (AvgIpc) is 2.18. The lowest BCUT2D eigenvalue weighted by Gasteiger charge is -2.36. The van der Waals surface area contributed by atoms with Gasteiger partial charge in [0.25, 0.3) is 0 Å². The van der Waals surface area contributed by atoms with Crippen LogP contribution in [-0.4, -0.2) is 11.2 Å². The van der Waals surface area contributed by atoms with Crippen LogP contribution in [0.4, 0.5) is 0 Å². The summed E-state index contributed by atoms with van der Waals surface area (Å²) in [6, 6.07) is 0. The Kier molecular flexibility index (Phi) is 1.35. The molecule has 2 aliphatic carbocycles. The molecule has 0 saturated heterocycles. The fourth-order valence-electron chi connectivity index (χ4n) is 3.22. The van der Waals surface area contributed by atoms with E-state index in [0.29, 0.717) is 5.92 Å². The molecule has 0 heterocycles. The number of hydrogen-bond donors (Lipinski definition) is 1. The van der Waals surface area contributed by atoms with Gasteiger partial charge in [-0.25, -0.2) is 0 Å². The van der Waals surface area contributed by atoms with Gasteiger partial charge in [0.15, 0.2) is 0 Å². The van der Waals surface area contributed by atoms with Crippen LogP contribution < -0.4 is 0 Å². The number of fused-ring (bicyclic) bond motifs is 2. The van der Waals surface area contributed by atoms with Crippen molar-refractivity contribution in [3.63, 3.8) is 0 Å². The second-order valence-electron chi connectivity index (χ2n) is 5.28. The molecule has 3 unspecified atom stereocenters. The normalized spacial score (nSPS) is 50.2. The molecule has 2 bridgehead atoms. The van der Waals surface area contributed by atoms with Gasteiger partial charge in [-0.1, -0.05) is 32.9 Å². The Balaban J connectivity index is 2.47. The smallest absolute Gasteiger partial charge is 0.0608 e. The fourth-order valence-corrected chi connectivity index (χ4v) is 3.22. The molecule has 12 heavy (non-hydrogen) atoms. The van der Waals surface area contributed by atoms with Gasteiger partial charge in [-0.2, -0.15) is 0 Å². The molecule has 0 radical (unpaired) electrons. The second-order valence-corrected chi connectivity index (χ2v) is 5.28. The van der Waals surface area contributed by atoms with E-state index in [1.165, 1.54) is 5.57 Å². The van der Waals surface area contributed by atoms with E-state index >= 15 is 0 Å². The van der Waals surface area contributed by atoms with Crippen molar-refractivity contribution in [2.45, 2.75) is 39.7 Å². The minimum Gasteiger partial charge on any atom is -0.393 e. The molecule has 0 aromatic heterocycles. The van der Waals surface area contributed by atoms with E-state index in [-0.39, 0.29) is 16.9 Å². The van der Waals surface area contributed by atoms with Crippen molar-refractivity contribution >= 4 is 0 Å². The predicted octanol–water partition coefficient (Wildman–Crippen LogP) is 2.36. The van der Waals surface area contributed by atoms with Crippen LogP contribution in [0.2, 0.25) is 0 Å². The zero-order chi connectivity index (χ0) is 9.15. The van der Waals surface area contributed by atoms with Gasteiger partial charge >= 0.3 is 0 Å². The molecule has 0 aromatic rings. The molecule has 2 aliphatic rings. The van der Waals surface area contributed by atoms with Crippen molar-refractivity contribution < 1.29 is 5.11 Å². The van der Waals surface area contributed by atoms with Crippen LogP contribution in [0, 0.1) is 16.7 Å².